The first-order valence-corrected chi connectivity index (χ1v) is 15.2. The van der Waals surface area contributed by atoms with E-state index in [1.165, 1.54) is 45.0 Å². The van der Waals surface area contributed by atoms with E-state index in [-0.39, 0.29) is 39.2 Å². The minimum Gasteiger partial charge on any atom is -0.492 e. The first-order valence-electron chi connectivity index (χ1n) is 11.9. The van der Waals surface area contributed by atoms with Gasteiger partial charge >= 0.3 is 0 Å². The first-order chi connectivity index (χ1) is 17.1. The van der Waals surface area contributed by atoms with Gasteiger partial charge in [-0.15, -0.1) is 0 Å². The summed E-state index contributed by atoms with van der Waals surface area (Å²) in [7, 11) is -7.64. The minimum atomic E-state index is -3.90. The monoisotopic (exact) mass is 557 g/mol. The number of carbonyl (C=O) groups is 1. The third kappa shape index (κ3) is 6.03. The van der Waals surface area contributed by atoms with Crippen LogP contribution in [-0.4, -0.2) is 64.1 Å². The third-order valence-corrected chi connectivity index (χ3v) is 10.4. The number of halogens is 1. The van der Waals surface area contributed by atoms with Gasteiger partial charge in [-0.3, -0.25) is 4.79 Å². The molecule has 1 aliphatic rings. The van der Waals surface area contributed by atoms with Gasteiger partial charge in [0, 0.05) is 31.7 Å². The van der Waals surface area contributed by atoms with E-state index in [0.717, 1.165) is 19.3 Å². The molecule has 0 saturated carbocycles. The van der Waals surface area contributed by atoms with Crippen molar-refractivity contribution in [2.45, 2.75) is 49.8 Å². The standard InChI is InChI=1S/C24H32ClN3O6S2/c1-4-27(5-2)36(32,33)23-16-18(10-12-20(23)25)24(29)26-21-17-19(11-13-22(21)34-6-3)35(30,31)28-14-8-7-9-15-28/h10-13,16-17H,4-9,14-15H2,1-3H3,(H,26,29). The zero-order chi connectivity index (χ0) is 26.5. The molecule has 1 aliphatic heterocycles. The highest BCUT2D eigenvalue weighted by atomic mass is 35.5. The molecule has 36 heavy (non-hydrogen) atoms. The molecule has 1 amide bonds. The molecule has 12 heteroatoms. The number of nitrogens with one attached hydrogen (secondary N) is 1. The van der Waals surface area contributed by atoms with E-state index in [1.54, 1.807) is 20.8 Å². The van der Waals surface area contributed by atoms with Gasteiger partial charge in [0.15, 0.2) is 0 Å². The van der Waals surface area contributed by atoms with Crippen molar-refractivity contribution in [1.82, 2.24) is 8.61 Å². The topological polar surface area (TPSA) is 113 Å². The Balaban J connectivity index is 1.97. The quantitative estimate of drug-likeness (QED) is 0.468. The number of hydrogen-bond acceptors (Lipinski definition) is 6. The molecule has 3 rings (SSSR count). The number of sulfonamides is 2. The Hall–Kier alpha value is -2.18. The van der Waals surface area contributed by atoms with Crippen LogP contribution >= 0.6 is 11.6 Å². The average Bonchev–Trinajstić information content (AvgIpc) is 2.86. The summed E-state index contributed by atoms with van der Waals surface area (Å²) < 4.78 is 60.6. The predicted octanol–water partition coefficient (Wildman–Crippen LogP) is 4.20. The summed E-state index contributed by atoms with van der Waals surface area (Å²) in [6, 6.07) is 8.33. The largest absolute Gasteiger partial charge is 0.492 e. The number of ether oxygens (including phenoxy) is 1. The Morgan fingerprint density at radius 2 is 1.67 bits per heavy atom. The molecule has 0 radical (unpaired) electrons. The second-order valence-electron chi connectivity index (χ2n) is 8.24. The molecule has 0 aromatic heterocycles. The Labute approximate surface area is 218 Å². The van der Waals surface area contributed by atoms with Crippen molar-refractivity contribution >= 4 is 43.2 Å². The van der Waals surface area contributed by atoms with Crippen LogP contribution in [0.15, 0.2) is 46.2 Å². The molecule has 1 heterocycles. The van der Waals surface area contributed by atoms with E-state index in [0.29, 0.717) is 25.4 Å². The fourth-order valence-corrected chi connectivity index (χ4v) is 7.54. The van der Waals surface area contributed by atoms with Crippen molar-refractivity contribution in [3.8, 4) is 5.75 Å². The Morgan fingerprint density at radius 1 is 1.00 bits per heavy atom. The maximum Gasteiger partial charge on any atom is 0.255 e. The zero-order valence-corrected chi connectivity index (χ0v) is 23.0. The molecule has 1 N–H and O–H groups in total. The number of rotatable bonds is 10. The number of anilines is 1. The maximum absolute atomic E-state index is 13.2. The molecule has 9 nitrogen and oxygen atoms in total. The number of piperidine rings is 1. The summed E-state index contributed by atoms with van der Waals surface area (Å²) in [5, 5.41) is 2.69. The zero-order valence-electron chi connectivity index (χ0n) is 20.7. The molecule has 2 aromatic carbocycles. The second kappa shape index (κ2) is 11.9. The molecule has 0 unspecified atom stereocenters. The Bertz CT molecular complexity index is 1310. The number of amides is 1. The van der Waals surface area contributed by atoms with E-state index in [2.05, 4.69) is 5.32 Å². The first kappa shape index (κ1) is 28.4. The van der Waals surface area contributed by atoms with E-state index >= 15 is 0 Å². The van der Waals surface area contributed by atoms with Gasteiger partial charge in [0.25, 0.3) is 5.91 Å². The molecule has 1 saturated heterocycles. The van der Waals surface area contributed by atoms with E-state index in [9.17, 15) is 21.6 Å². The van der Waals surface area contributed by atoms with Gasteiger partial charge in [-0.2, -0.15) is 8.61 Å². The SMILES string of the molecule is CCOc1ccc(S(=O)(=O)N2CCCCC2)cc1NC(=O)c1ccc(Cl)c(S(=O)(=O)N(CC)CC)c1. The van der Waals surface area contributed by atoms with Crippen molar-refractivity contribution in [3.05, 3.63) is 47.0 Å². The lowest BCUT2D eigenvalue weighted by Gasteiger charge is -2.26. The number of carbonyl (C=O) groups excluding carboxylic acids is 1. The van der Waals surface area contributed by atoms with Gasteiger partial charge in [0.05, 0.1) is 22.2 Å². The highest BCUT2D eigenvalue weighted by molar-refractivity contribution is 7.89. The molecule has 2 aromatic rings. The van der Waals surface area contributed by atoms with Gasteiger partial charge in [-0.05, 0) is 56.2 Å². The fourth-order valence-electron chi connectivity index (χ4n) is 4.04. The summed E-state index contributed by atoms with van der Waals surface area (Å²) in [4.78, 5) is 13.0. The van der Waals surface area contributed by atoms with Crippen molar-refractivity contribution in [1.29, 1.82) is 0 Å². The Kier molecular flexibility index (Phi) is 9.39. The van der Waals surface area contributed by atoms with Crippen LogP contribution in [0.3, 0.4) is 0 Å². The van der Waals surface area contributed by atoms with Gasteiger partial charge in [0.1, 0.15) is 10.6 Å². The summed E-state index contributed by atoms with van der Waals surface area (Å²) in [5.41, 5.74) is 0.222. The van der Waals surface area contributed by atoms with Gasteiger partial charge in [-0.1, -0.05) is 31.9 Å². The molecule has 198 valence electrons. The van der Waals surface area contributed by atoms with Crippen LogP contribution in [-0.2, 0) is 20.0 Å². The molecular formula is C24H32ClN3O6S2. The highest BCUT2D eigenvalue weighted by Gasteiger charge is 2.28. The summed E-state index contributed by atoms with van der Waals surface area (Å²) in [6.45, 7) is 6.90. The van der Waals surface area contributed by atoms with Gasteiger partial charge in [0.2, 0.25) is 20.0 Å². The van der Waals surface area contributed by atoms with Gasteiger partial charge < -0.3 is 10.1 Å². The van der Waals surface area contributed by atoms with Crippen LogP contribution in [0.1, 0.15) is 50.4 Å². The smallest absolute Gasteiger partial charge is 0.255 e. The highest BCUT2D eigenvalue weighted by Crippen LogP contribution is 2.31. The molecule has 0 atom stereocenters. The van der Waals surface area contributed by atoms with Crippen molar-refractivity contribution in [3.63, 3.8) is 0 Å². The fraction of sp³-hybridized carbons (Fsp3) is 0.458. The maximum atomic E-state index is 13.2. The van der Waals surface area contributed by atoms with Crippen LogP contribution < -0.4 is 10.1 Å². The number of benzene rings is 2. The number of hydrogen-bond donors (Lipinski definition) is 1. The molecule has 0 bridgehead atoms. The van der Waals surface area contributed by atoms with Crippen molar-refractivity contribution in [2.75, 3.05) is 38.1 Å². The van der Waals surface area contributed by atoms with Crippen LogP contribution in [0.25, 0.3) is 0 Å². The molecule has 0 aliphatic carbocycles. The van der Waals surface area contributed by atoms with Crippen LogP contribution in [0.4, 0.5) is 5.69 Å². The van der Waals surface area contributed by atoms with Crippen molar-refractivity contribution < 1.29 is 26.4 Å². The Morgan fingerprint density at radius 3 is 2.28 bits per heavy atom. The second-order valence-corrected chi connectivity index (χ2v) is 12.5. The summed E-state index contributed by atoms with van der Waals surface area (Å²) in [5.74, 6) is -0.329. The summed E-state index contributed by atoms with van der Waals surface area (Å²) in [6.07, 6.45) is 2.59. The lowest BCUT2D eigenvalue weighted by molar-refractivity contribution is 0.102. The number of nitrogens with zero attached hydrogens (tertiary/aromatic N) is 2. The van der Waals surface area contributed by atoms with Gasteiger partial charge in [-0.25, -0.2) is 16.8 Å². The van der Waals surface area contributed by atoms with E-state index < -0.39 is 26.0 Å². The summed E-state index contributed by atoms with van der Waals surface area (Å²) >= 11 is 6.19. The van der Waals surface area contributed by atoms with E-state index in [1.807, 2.05) is 0 Å². The minimum absolute atomic E-state index is 0.00285. The normalized spacial score (nSPS) is 15.1. The van der Waals surface area contributed by atoms with Crippen molar-refractivity contribution in [2.24, 2.45) is 0 Å². The molecular weight excluding hydrogens is 526 g/mol. The van der Waals surface area contributed by atoms with Crippen LogP contribution in [0, 0.1) is 0 Å². The lowest BCUT2D eigenvalue weighted by Crippen LogP contribution is -2.35. The van der Waals surface area contributed by atoms with E-state index in [4.69, 9.17) is 16.3 Å². The lowest BCUT2D eigenvalue weighted by atomic mass is 10.2. The predicted molar refractivity (Wildman–Crippen MR) is 140 cm³/mol. The van der Waals surface area contributed by atoms with Crippen LogP contribution in [0.2, 0.25) is 5.02 Å². The third-order valence-electron chi connectivity index (χ3n) is 5.97. The van der Waals surface area contributed by atoms with Crippen LogP contribution in [0.5, 0.6) is 5.75 Å². The molecule has 1 fully saturated rings. The molecule has 0 spiro atoms. The average molecular weight is 558 g/mol.